The van der Waals surface area contributed by atoms with Crippen molar-refractivity contribution in [3.05, 3.63) is 40.8 Å². The number of nitrogen functional groups attached to an aromatic ring is 1. The lowest BCUT2D eigenvalue weighted by Crippen LogP contribution is -2.48. The van der Waals surface area contributed by atoms with Gasteiger partial charge in [-0.25, -0.2) is 9.78 Å². The van der Waals surface area contributed by atoms with Crippen molar-refractivity contribution in [2.75, 3.05) is 12.3 Å². The fraction of sp³-hybridized carbons (Fsp3) is 0.375. The normalized spacial score (nSPS) is 11.2. The van der Waals surface area contributed by atoms with Gasteiger partial charge in [0.25, 0.3) is 0 Å². The van der Waals surface area contributed by atoms with E-state index in [1.54, 1.807) is 46.0 Å². The van der Waals surface area contributed by atoms with Crippen LogP contribution >= 0.6 is 11.3 Å². The van der Waals surface area contributed by atoms with Crippen molar-refractivity contribution in [1.29, 1.82) is 0 Å². The zero-order valence-electron chi connectivity index (χ0n) is 13.1. The maximum absolute atomic E-state index is 12.5. The lowest BCUT2D eigenvalue weighted by molar-refractivity contribution is 0.107. The molecule has 0 unspecified atom stereocenters. The van der Waals surface area contributed by atoms with Gasteiger partial charge in [-0.05, 0) is 45.0 Å². The summed E-state index contributed by atoms with van der Waals surface area (Å²) in [6.45, 7) is 6.51. The Hall–Kier alpha value is -2.08. The Balaban J connectivity index is 2.04. The quantitative estimate of drug-likeness (QED) is 0.875. The molecule has 22 heavy (non-hydrogen) atoms. The molecule has 0 radical (unpaired) electrons. The van der Waals surface area contributed by atoms with E-state index in [0.29, 0.717) is 24.4 Å². The number of benzene rings is 1. The van der Waals surface area contributed by atoms with Gasteiger partial charge < -0.3 is 15.4 Å². The van der Waals surface area contributed by atoms with Crippen LogP contribution in [-0.2, 0) is 6.42 Å². The second kappa shape index (κ2) is 6.79. The molecule has 0 aliphatic rings. The first kappa shape index (κ1) is 16.3. The Morgan fingerprint density at radius 2 is 2.00 bits per heavy atom. The van der Waals surface area contributed by atoms with E-state index in [9.17, 15) is 4.79 Å². The third-order valence-electron chi connectivity index (χ3n) is 3.19. The molecule has 1 amide bonds. The molecule has 6 heteroatoms. The van der Waals surface area contributed by atoms with Crippen LogP contribution in [0.1, 0.15) is 26.5 Å². The number of ether oxygens (including phenoxy) is 1. The highest BCUT2D eigenvalue weighted by molar-refractivity contribution is 7.07. The van der Waals surface area contributed by atoms with Crippen LogP contribution in [0, 0.1) is 0 Å². The number of hydrogen-bond donors (Lipinski definition) is 1. The second-order valence-corrected chi connectivity index (χ2v) is 6.71. The number of nitrogens with zero attached hydrogens (tertiary/aromatic N) is 2. The molecule has 0 saturated carbocycles. The number of carbonyl (C=O) groups is 1. The van der Waals surface area contributed by atoms with Gasteiger partial charge >= 0.3 is 6.09 Å². The topological polar surface area (TPSA) is 68.5 Å². The summed E-state index contributed by atoms with van der Waals surface area (Å²) in [5.41, 5.74) is 8.72. The smallest absolute Gasteiger partial charge is 0.410 e. The van der Waals surface area contributed by atoms with Gasteiger partial charge in [-0.1, -0.05) is 0 Å². The second-order valence-electron chi connectivity index (χ2n) is 5.99. The molecule has 0 saturated heterocycles. The van der Waals surface area contributed by atoms with Crippen molar-refractivity contribution in [1.82, 2.24) is 9.88 Å². The van der Waals surface area contributed by atoms with E-state index in [1.165, 1.54) is 0 Å². The Kier molecular flexibility index (Phi) is 5.03. The minimum atomic E-state index is -0.368. The molecule has 1 heterocycles. The molecule has 2 N–H and O–H groups in total. The zero-order chi connectivity index (χ0) is 16.2. The number of hydrogen-bond acceptors (Lipinski definition) is 5. The number of anilines is 1. The van der Waals surface area contributed by atoms with Crippen molar-refractivity contribution < 1.29 is 9.53 Å². The molecule has 0 aliphatic heterocycles. The summed E-state index contributed by atoms with van der Waals surface area (Å²) in [6, 6.07) is 6.79. The van der Waals surface area contributed by atoms with Gasteiger partial charge in [0.2, 0.25) is 0 Å². The van der Waals surface area contributed by atoms with E-state index < -0.39 is 0 Å². The van der Waals surface area contributed by atoms with E-state index in [2.05, 4.69) is 4.98 Å². The largest absolute Gasteiger partial charge is 0.415 e. The molecule has 1 aromatic heterocycles. The summed E-state index contributed by atoms with van der Waals surface area (Å²) >= 11 is 1.55. The fourth-order valence-corrected chi connectivity index (χ4v) is 2.57. The van der Waals surface area contributed by atoms with Crippen LogP contribution in [0.5, 0.6) is 5.75 Å². The van der Waals surface area contributed by atoms with E-state index >= 15 is 0 Å². The van der Waals surface area contributed by atoms with Gasteiger partial charge in [0.05, 0.1) is 11.2 Å². The van der Waals surface area contributed by atoms with Crippen LogP contribution in [0.4, 0.5) is 10.5 Å². The molecule has 118 valence electrons. The highest BCUT2D eigenvalue weighted by Crippen LogP contribution is 2.19. The summed E-state index contributed by atoms with van der Waals surface area (Å²) in [6.07, 6.45) is 0.338. The highest BCUT2D eigenvalue weighted by Gasteiger charge is 2.28. The first-order valence-corrected chi connectivity index (χ1v) is 8.02. The van der Waals surface area contributed by atoms with Crippen molar-refractivity contribution in [2.45, 2.75) is 32.7 Å². The summed E-state index contributed by atoms with van der Waals surface area (Å²) in [5.74, 6) is 0.488. The fourth-order valence-electron chi connectivity index (χ4n) is 1.98. The van der Waals surface area contributed by atoms with E-state index in [0.717, 1.165) is 5.69 Å². The number of aromatic nitrogens is 1. The Morgan fingerprint density at radius 3 is 2.55 bits per heavy atom. The molecule has 0 fully saturated rings. The lowest BCUT2D eigenvalue weighted by Gasteiger charge is -2.34. The summed E-state index contributed by atoms with van der Waals surface area (Å²) in [7, 11) is 0. The summed E-state index contributed by atoms with van der Waals surface area (Å²) in [5, 5.41) is 1.99. The monoisotopic (exact) mass is 319 g/mol. The Morgan fingerprint density at radius 1 is 1.32 bits per heavy atom. The predicted molar refractivity (Wildman–Crippen MR) is 89.2 cm³/mol. The van der Waals surface area contributed by atoms with Crippen LogP contribution in [0.25, 0.3) is 0 Å². The SMILES string of the molecule is CC(C)(C)N(CCc1cscn1)C(=O)Oc1ccc(N)cc1. The Labute approximate surface area is 134 Å². The molecule has 2 aromatic rings. The molecular formula is C16H21N3O2S. The number of carbonyl (C=O) groups excluding carboxylic acids is 1. The van der Waals surface area contributed by atoms with Crippen molar-refractivity contribution in [3.8, 4) is 5.75 Å². The van der Waals surface area contributed by atoms with Crippen LogP contribution in [0.3, 0.4) is 0 Å². The lowest BCUT2D eigenvalue weighted by atomic mass is 10.1. The number of thiazole rings is 1. The molecule has 5 nitrogen and oxygen atoms in total. The van der Waals surface area contributed by atoms with Crippen molar-refractivity contribution >= 4 is 23.1 Å². The minimum Gasteiger partial charge on any atom is -0.410 e. The maximum atomic E-state index is 12.5. The minimum absolute atomic E-state index is 0.332. The molecule has 2 rings (SSSR count). The number of nitrogens with two attached hydrogens (primary N) is 1. The van der Waals surface area contributed by atoms with Crippen LogP contribution in [0.15, 0.2) is 35.2 Å². The molecule has 0 spiro atoms. The van der Waals surface area contributed by atoms with E-state index in [1.807, 2.05) is 26.2 Å². The molecule has 1 aromatic carbocycles. The van der Waals surface area contributed by atoms with Gasteiger partial charge in [-0.2, -0.15) is 0 Å². The summed E-state index contributed by atoms with van der Waals surface area (Å²) in [4.78, 5) is 18.4. The first-order chi connectivity index (χ1) is 10.4. The van der Waals surface area contributed by atoms with Gasteiger partial charge in [-0.3, -0.25) is 0 Å². The molecular weight excluding hydrogens is 298 g/mol. The Bertz CT molecular complexity index is 603. The van der Waals surface area contributed by atoms with E-state index in [-0.39, 0.29) is 11.6 Å². The van der Waals surface area contributed by atoms with Crippen LogP contribution < -0.4 is 10.5 Å². The van der Waals surface area contributed by atoms with Gasteiger partial charge in [-0.15, -0.1) is 11.3 Å². The van der Waals surface area contributed by atoms with Gasteiger partial charge in [0, 0.05) is 29.6 Å². The summed E-state index contributed by atoms with van der Waals surface area (Å²) < 4.78 is 5.44. The van der Waals surface area contributed by atoms with Gasteiger partial charge in [0.1, 0.15) is 5.75 Å². The van der Waals surface area contributed by atoms with Gasteiger partial charge in [0.15, 0.2) is 0 Å². The average molecular weight is 319 g/mol. The third-order valence-corrected chi connectivity index (χ3v) is 3.83. The molecule has 0 bridgehead atoms. The van der Waals surface area contributed by atoms with E-state index in [4.69, 9.17) is 10.5 Å². The standard InChI is InChI=1S/C16H21N3O2S/c1-16(2,3)19(9-8-13-10-22-11-18-13)15(20)21-14-6-4-12(17)5-7-14/h4-7,10-11H,8-9,17H2,1-3H3. The first-order valence-electron chi connectivity index (χ1n) is 7.08. The number of amides is 1. The van der Waals surface area contributed by atoms with Crippen molar-refractivity contribution in [3.63, 3.8) is 0 Å². The van der Waals surface area contributed by atoms with Crippen molar-refractivity contribution in [2.24, 2.45) is 0 Å². The van der Waals surface area contributed by atoms with Crippen LogP contribution in [-0.4, -0.2) is 28.1 Å². The third kappa shape index (κ3) is 4.46. The average Bonchev–Trinajstić information content (AvgIpc) is 2.93. The highest BCUT2D eigenvalue weighted by atomic mass is 32.1. The molecule has 0 aliphatic carbocycles. The number of rotatable bonds is 4. The predicted octanol–water partition coefficient (Wildman–Crippen LogP) is 3.57. The molecule has 0 atom stereocenters. The zero-order valence-corrected chi connectivity index (χ0v) is 13.9. The van der Waals surface area contributed by atoms with Crippen LogP contribution in [0.2, 0.25) is 0 Å². The maximum Gasteiger partial charge on any atom is 0.415 e.